The fourth-order valence-corrected chi connectivity index (χ4v) is 2.95. The Morgan fingerprint density at radius 2 is 1.87 bits per heavy atom. The average molecular weight is 311 g/mol. The van der Waals surface area contributed by atoms with Gasteiger partial charge < -0.3 is 16.4 Å². The summed E-state index contributed by atoms with van der Waals surface area (Å²) in [4.78, 5) is 22.2. The van der Waals surface area contributed by atoms with Gasteiger partial charge in [0.15, 0.2) is 5.82 Å². The fourth-order valence-electron chi connectivity index (χ4n) is 2.95. The Bertz CT molecular complexity index is 738. The zero-order valence-corrected chi connectivity index (χ0v) is 13.2. The van der Waals surface area contributed by atoms with E-state index >= 15 is 0 Å². The molecule has 1 amide bonds. The maximum absolute atomic E-state index is 11.4. The Morgan fingerprint density at radius 3 is 2.57 bits per heavy atom. The van der Waals surface area contributed by atoms with Gasteiger partial charge in [-0.05, 0) is 37.8 Å². The number of carbonyl (C=O) groups excluding carboxylic acids is 1. The van der Waals surface area contributed by atoms with Gasteiger partial charge in [-0.15, -0.1) is 0 Å². The van der Waals surface area contributed by atoms with Crippen LogP contribution in [-0.2, 0) is 0 Å². The lowest BCUT2D eigenvalue weighted by Crippen LogP contribution is -2.29. The Hall–Kier alpha value is -2.63. The van der Waals surface area contributed by atoms with Crippen LogP contribution in [-0.4, -0.2) is 29.0 Å². The number of benzene rings is 1. The van der Waals surface area contributed by atoms with Crippen molar-refractivity contribution in [2.75, 3.05) is 23.7 Å². The molecule has 6 heteroatoms. The van der Waals surface area contributed by atoms with Gasteiger partial charge in [0.25, 0.3) is 5.91 Å². The molecule has 1 fully saturated rings. The molecule has 2 aromatic rings. The molecular formula is C17H21N5O. The molecule has 0 atom stereocenters. The molecule has 1 aromatic heterocycles. The number of anilines is 2. The smallest absolute Gasteiger partial charge is 0.267 e. The molecular weight excluding hydrogens is 290 g/mol. The normalized spacial score (nSPS) is 14.7. The van der Waals surface area contributed by atoms with E-state index in [9.17, 15) is 4.79 Å². The largest absolute Gasteiger partial charge is 0.384 e. The second-order valence-electron chi connectivity index (χ2n) is 5.91. The molecule has 120 valence electrons. The van der Waals surface area contributed by atoms with E-state index < -0.39 is 5.91 Å². The number of nitrogen functional groups attached to an aromatic ring is 1. The quantitative estimate of drug-likeness (QED) is 0.904. The van der Waals surface area contributed by atoms with E-state index in [1.807, 2.05) is 6.07 Å². The highest BCUT2D eigenvalue weighted by Gasteiger charge is 2.15. The molecule has 2 heterocycles. The van der Waals surface area contributed by atoms with E-state index in [-0.39, 0.29) is 11.5 Å². The Labute approximate surface area is 135 Å². The van der Waals surface area contributed by atoms with Crippen molar-refractivity contribution >= 4 is 17.4 Å². The summed E-state index contributed by atoms with van der Waals surface area (Å²) in [6, 6.07) is 7.46. The van der Waals surface area contributed by atoms with E-state index in [4.69, 9.17) is 11.5 Å². The predicted molar refractivity (Wildman–Crippen MR) is 91.2 cm³/mol. The molecule has 1 aromatic carbocycles. The van der Waals surface area contributed by atoms with Gasteiger partial charge in [0.1, 0.15) is 11.5 Å². The molecule has 23 heavy (non-hydrogen) atoms. The monoisotopic (exact) mass is 311 g/mol. The molecule has 1 saturated heterocycles. The zero-order valence-electron chi connectivity index (χ0n) is 13.2. The number of piperidine rings is 1. The summed E-state index contributed by atoms with van der Waals surface area (Å²) in [6.45, 7) is 4.23. The van der Waals surface area contributed by atoms with Crippen molar-refractivity contribution in [3.63, 3.8) is 0 Å². The highest BCUT2D eigenvalue weighted by molar-refractivity contribution is 5.92. The molecule has 6 nitrogen and oxygen atoms in total. The van der Waals surface area contributed by atoms with Crippen molar-refractivity contribution in [3.8, 4) is 11.4 Å². The molecule has 0 bridgehead atoms. The van der Waals surface area contributed by atoms with Gasteiger partial charge >= 0.3 is 0 Å². The first-order valence-corrected chi connectivity index (χ1v) is 7.85. The van der Waals surface area contributed by atoms with Crippen LogP contribution in [0.25, 0.3) is 11.4 Å². The van der Waals surface area contributed by atoms with Crippen molar-refractivity contribution in [1.82, 2.24) is 9.97 Å². The maximum Gasteiger partial charge on any atom is 0.267 e. The van der Waals surface area contributed by atoms with Crippen molar-refractivity contribution in [3.05, 3.63) is 35.5 Å². The van der Waals surface area contributed by atoms with E-state index in [1.54, 1.807) is 0 Å². The van der Waals surface area contributed by atoms with E-state index in [0.717, 1.165) is 18.7 Å². The number of nitrogens with zero attached hydrogens (tertiary/aromatic N) is 3. The zero-order chi connectivity index (χ0) is 16.4. The van der Waals surface area contributed by atoms with Gasteiger partial charge in [-0.25, -0.2) is 9.97 Å². The topological polar surface area (TPSA) is 98.1 Å². The van der Waals surface area contributed by atoms with Crippen LogP contribution in [0.3, 0.4) is 0 Å². The van der Waals surface area contributed by atoms with E-state index in [0.29, 0.717) is 5.82 Å². The summed E-state index contributed by atoms with van der Waals surface area (Å²) < 4.78 is 0. The third-order valence-electron chi connectivity index (χ3n) is 4.16. The number of rotatable bonds is 3. The lowest BCUT2D eigenvalue weighted by atomic mass is 10.0. The number of hydrogen-bond acceptors (Lipinski definition) is 5. The van der Waals surface area contributed by atoms with Gasteiger partial charge in [0.2, 0.25) is 0 Å². The summed E-state index contributed by atoms with van der Waals surface area (Å²) in [6.07, 6.45) is 3.71. The predicted octanol–water partition coefficient (Wildman–Crippen LogP) is 2.12. The number of amides is 1. The lowest BCUT2D eigenvalue weighted by Gasteiger charge is -2.30. The van der Waals surface area contributed by atoms with Crippen LogP contribution >= 0.6 is 0 Å². The summed E-state index contributed by atoms with van der Waals surface area (Å²) in [5.41, 5.74) is 14.5. The van der Waals surface area contributed by atoms with Crippen LogP contribution in [0.2, 0.25) is 0 Å². The molecule has 1 aliphatic rings. The second-order valence-corrected chi connectivity index (χ2v) is 5.91. The molecule has 0 saturated carbocycles. The summed E-state index contributed by atoms with van der Waals surface area (Å²) in [5.74, 6) is 0.0599. The minimum Gasteiger partial charge on any atom is -0.384 e. The lowest BCUT2D eigenvalue weighted by molar-refractivity contribution is 0.0995. The molecule has 0 spiro atoms. The van der Waals surface area contributed by atoms with Crippen LogP contribution in [0.4, 0.5) is 11.5 Å². The van der Waals surface area contributed by atoms with Crippen molar-refractivity contribution in [2.24, 2.45) is 5.73 Å². The van der Waals surface area contributed by atoms with Crippen LogP contribution in [0.15, 0.2) is 24.3 Å². The van der Waals surface area contributed by atoms with Crippen LogP contribution in [0.1, 0.15) is 35.3 Å². The SMILES string of the molecule is Cc1ccc(-c2nc(N)cc(C(N)=O)n2)cc1N1CCCCC1. The van der Waals surface area contributed by atoms with Gasteiger partial charge in [-0.2, -0.15) is 0 Å². The molecule has 3 rings (SSSR count). The fraction of sp³-hybridized carbons (Fsp3) is 0.353. The first-order valence-electron chi connectivity index (χ1n) is 7.85. The number of aryl methyl sites for hydroxylation is 1. The highest BCUT2D eigenvalue weighted by atomic mass is 16.1. The van der Waals surface area contributed by atoms with Gasteiger partial charge in [-0.1, -0.05) is 12.1 Å². The van der Waals surface area contributed by atoms with E-state index in [1.165, 1.54) is 36.6 Å². The number of primary amides is 1. The van der Waals surface area contributed by atoms with Crippen LogP contribution in [0, 0.1) is 6.92 Å². The van der Waals surface area contributed by atoms with E-state index in [2.05, 4.69) is 33.9 Å². The Balaban J connectivity index is 2.02. The third-order valence-corrected chi connectivity index (χ3v) is 4.16. The standard InChI is InChI=1S/C17H21N5O/c1-11-5-6-12(9-14(11)22-7-3-2-4-8-22)17-20-13(16(19)23)10-15(18)21-17/h5-6,9-10H,2-4,7-8H2,1H3,(H2,19,23)(H2,18,20,21). The Kier molecular flexibility index (Phi) is 4.14. The Morgan fingerprint density at radius 1 is 1.13 bits per heavy atom. The molecule has 0 aliphatic carbocycles. The average Bonchev–Trinajstić information content (AvgIpc) is 2.55. The maximum atomic E-state index is 11.4. The summed E-state index contributed by atoms with van der Waals surface area (Å²) in [7, 11) is 0. The van der Waals surface area contributed by atoms with Crippen LogP contribution in [0.5, 0.6) is 0 Å². The van der Waals surface area contributed by atoms with Gasteiger partial charge in [0, 0.05) is 30.4 Å². The van der Waals surface area contributed by atoms with Gasteiger partial charge in [-0.3, -0.25) is 4.79 Å². The molecule has 0 radical (unpaired) electrons. The molecule has 1 aliphatic heterocycles. The number of aromatic nitrogens is 2. The third kappa shape index (κ3) is 3.26. The molecule has 4 N–H and O–H groups in total. The first-order chi connectivity index (χ1) is 11.0. The van der Waals surface area contributed by atoms with Crippen molar-refractivity contribution < 1.29 is 4.79 Å². The van der Waals surface area contributed by atoms with Gasteiger partial charge in [0.05, 0.1) is 0 Å². The first kappa shape index (κ1) is 15.3. The minimum absolute atomic E-state index is 0.132. The molecule has 0 unspecified atom stereocenters. The summed E-state index contributed by atoms with van der Waals surface area (Å²) in [5, 5.41) is 0. The summed E-state index contributed by atoms with van der Waals surface area (Å²) >= 11 is 0. The van der Waals surface area contributed by atoms with Crippen molar-refractivity contribution in [2.45, 2.75) is 26.2 Å². The van der Waals surface area contributed by atoms with Crippen molar-refractivity contribution in [1.29, 1.82) is 0 Å². The second kappa shape index (κ2) is 6.24. The number of hydrogen-bond donors (Lipinski definition) is 2. The number of carbonyl (C=O) groups is 1. The number of nitrogens with two attached hydrogens (primary N) is 2. The minimum atomic E-state index is -0.608. The van der Waals surface area contributed by atoms with Crippen LogP contribution < -0.4 is 16.4 Å². The highest BCUT2D eigenvalue weighted by Crippen LogP contribution is 2.28.